The molecule has 0 aliphatic heterocycles. The van der Waals surface area contributed by atoms with Crippen LogP contribution in [0.25, 0.3) is 28.6 Å². The standard InChI is InChI=1S/C23H27N7S/c1-15-7-6-8-16(26-15)19-20(17-9-12-25-22(27-17)31-5)30-14-10-18(28-21(30)29-19)24-13-11-23(2,3)4/h6-10,12,14H,11,13H2,1-5H3,(H,24,28,29). The Balaban J connectivity index is 1.81. The third-order valence-corrected chi connectivity index (χ3v) is 5.43. The van der Waals surface area contributed by atoms with Crippen LogP contribution in [0.2, 0.25) is 0 Å². The van der Waals surface area contributed by atoms with Gasteiger partial charge in [-0.1, -0.05) is 38.6 Å². The quantitative estimate of drug-likeness (QED) is 0.333. The molecule has 0 spiro atoms. The highest BCUT2D eigenvalue weighted by molar-refractivity contribution is 7.98. The number of thioether (sulfide) groups is 1. The number of fused-ring (bicyclic) bond motifs is 1. The van der Waals surface area contributed by atoms with Gasteiger partial charge in [-0.25, -0.2) is 15.0 Å². The van der Waals surface area contributed by atoms with Gasteiger partial charge in [-0.2, -0.15) is 4.98 Å². The van der Waals surface area contributed by atoms with Crippen LogP contribution in [0.3, 0.4) is 0 Å². The second-order valence-corrected chi connectivity index (χ2v) is 9.40. The second-order valence-electron chi connectivity index (χ2n) is 8.62. The van der Waals surface area contributed by atoms with Gasteiger partial charge >= 0.3 is 0 Å². The van der Waals surface area contributed by atoms with Crippen molar-refractivity contribution in [2.24, 2.45) is 5.41 Å². The Labute approximate surface area is 186 Å². The van der Waals surface area contributed by atoms with Gasteiger partial charge in [0.25, 0.3) is 0 Å². The summed E-state index contributed by atoms with van der Waals surface area (Å²) in [6.07, 6.45) is 6.78. The number of hydrogen-bond donors (Lipinski definition) is 1. The summed E-state index contributed by atoms with van der Waals surface area (Å²) in [6, 6.07) is 9.82. The molecule has 4 heterocycles. The number of pyridine rings is 1. The molecule has 160 valence electrons. The highest BCUT2D eigenvalue weighted by Crippen LogP contribution is 2.31. The molecule has 0 amide bonds. The summed E-state index contributed by atoms with van der Waals surface area (Å²) in [5, 5.41) is 4.13. The second kappa shape index (κ2) is 8.63. The lowest BCUT2D eigenvalue weighted by molar-refractivity contribution is 0.389. The van der Waals surface area contributed by atoms with E-state index in [0.29, 0.717) is 10.9 Å². The highest BCUT2D eigenvalue weighted by Gasteiger charge is 2.20. The van der Waals surface area contributed by atoms with Gasteiger partial charge in [0, 0.05) is 24.6 Å². The Bertz CT molecular complexity index is 1210. The summed E-state index contributed by atoms with van der Waals surface area (Å²) in [6.45, 7) is 9.54. The first-order valence-electron chi connectivity index (χ1n) is 10.3. The molecule has 0 radical (unpaired) electrons. The topological polar surface area (TPSA) is 80.9 Å². The van der Waals surface area contributed by atoms with Crippen molar-refractivity contribution in [3.63, 3.8) is 0 Å². The van der Waals surface area contributed by atoms with Crippen molar-refractivity contribution in [2.45, 2.75) is 39.3 Å². The van der Waals surface area contributed by atoms with Gasteiger partial charge in [0.05, 0.1) is 11.4 Å². The van der Waals surface area contributed by atoms with Gasteiger partial charge in [0.2, 0.25) is 5.78 Å². The summed E-state index contributed by atoms with van der Waals surface area (Å²) < 4.78 is 1.97. The summed E-state index contributed by atoms with van der Waals surface area (Å²) in [4.78, 5) is 23.3. The molecule has 0 aromatic carbocycles. The van der Waals surface area contributed by atoms with Crippen LogP contribution >= 0.6 is 11.8 Å². The van der Waals surface area contributed by atoms with E-state index in [2.05, 4.69) is 31.1 Å². The average Bonchev–Trinajstić information content (AvgIpc) is 3.12. The number of anilines is 1. The maximum atomic E-state index is 4.86. The van der Waals surface area contributed by atoms with E-state index in [0.717, 1.165) is 47.3 Å². The lowest BCUT2D eigenvalue weighted by atomic mass is 9.92. The minimum atomic E-state index is 0.267. The van der Waals surface area contributed by atoms with Gasteiger partial charge in [0.1, 0.15) is 17.2 Å². The van der Waals surface area contributed by atoms with E-state index in [1.165, 1.54) is 11.8 Å². The predicted octanol–water partition coefficient (Wildman–Crippen LogP) is 5.13. The van der Waals surface area contributed by atoms with Crippen LogP contribution in [0.4, 0.5) is 5.82 Å². The Morgan fingerprint density at radius 1 is 1.00 bits per heavy atom. The first kappa shape index (κ1) is 21.2. The third-order valence-electron chi connectivity index (χ3n) is 4.87. The van der Waals surface area contributed by atoms with Crippen LogP contribution in [-0.2, 0) is 0 Å². The number of rotatable bonds is 6. The first-order chi connectivity index (χ1) is 14.8. The lowest BCUT2D eigenvalue weighted by Gasteiger charge is -2.18. The van der Waals surface area contributed by atoms with Gasteiger partial charge in [-0.3, -0.25) is 9.38 Å². The smallest absolute Gasteiger partial charge is 0.236 e. The Hall–Kier alpha value is -3.00. The molecule has 4 aromatic rings. The molecule has 7 nitrogen and oxygen atoms in total. The number of aromatic nitrogens is 6. The number of imidazole rings is 1. The van der Waals surface area contributed by atoms with E-state index in [4.69, 9.17) is 19.9 Å². The van der Waals surface area contributed by atoms with Gasteiger partial charge in [0.15, 0.2) is 5.16 Å². The summed E-state index contributed by atoms with van der Waals surface area (Å²) in [7, 11) is 0. The molecular weight excluding hydrogens is 406 g/mol. The molecule has 0 unspecified atom stereocenters. The van der Waals surface area contributed by atoms with Crippen molar-refractivity contribution in [2.75, 3.05) is 18.1 Å². The van der Waals surface area contributed by atoms with E-state index >= 15 is 0 Å². The van der Waals surface area contributed by atoms with Crippen molar-refractivity contribution in [1.82, 2.24) is 29.3 Å². The maximum Gasteiger partial charge on any atom is 0.236 e. The molecular formula is C23H27N7S. The number of aryl methyl sites for hydroxylation is 1. The minimum Gasteiger partial charge on any atom is -0.370 e. The van der Waals surface area contributed by atoms with Gasteiger partial charge in [-0.05, 0) is 49.3 Å². The molecule has 31 heavy (non-hydrogen) atoms. The molecule has 4 aromatic heterocycles. The molecule has 0 bridgehead atoms. The normalized spacial score (nSPS) is 11.8. The highest BCUT2D eigenvalue weighted by atomic mass is 32.2. The van der Waals surface area contributed by atoms with Crippen LogP contribution in [-0.4, -0.2) is 42.1 Å². The fraction of sp³-hybridized carbons (Fsp3) is 0.348. The Morgan fingerprint density at radius 3 is 2.58 bits per heavy atom. The molecule has 1 N–H and O–H groups in total. The van der Waals surface area contributed by atoms with E-state index in [1.807, 2.05) is 54.1 Å². The zero-order valence-electron chi connectivity index (χ0n) is 18.5. The molecule has 0 aliphatic carbocycles. The SMILES string of the molecule is CSc1nccc(-c2c(-c3cccc(C)n3)nc3nc(NCCC(C)(C)C)ccn23)n1. The zero-order valence-corrected chi connectivity index (χ0v) is 19.4. The summed E-state index contributed by atoms with van der Waals surface area (Å²) >= 11 is 1.51. The number of nitrogens with zero attached hydrogens (tertiary/aromatic N) is 6. The van der Waals surface area contributed by atoms with Crippen LogP contribution in [0, 0.1) is 12.3 Å². The van der Waals surface area contributed by atoms with Gasteiger partial charge < -0.3 is 5.32 Å². The predicted molar refractivity (Wildman–Crippen MR) is 126 cm³/mol. The maximum absolute atomic E-state index is 4.86. The van der Waals surface area contributed by atoms with Crippen molar-refractivity contribution in [1.29, 1.82) is 0 Å². The van der Waals surface area contributed by atoms with E-state index in [-0.39, 0.29) is 5.41 Å². The van der Waals surface area contributed by atoms with E-state index in [1.54, 1.807) is 6.20 Å². The fourth-order valence-corrected chi connectivity index (χ4v) is 3.62. The lowest BCUT2D eigenvalue weighted by Crippen LogP contribution is -2.13. The molecule has 8 heteroatoms. The molecule has 0 saturated carbocycles. The average molecular weight is 434 g/mol. The molecule has 0 atom stereocenters. The Kier molecular flexibility index (Phi) is 5.91. The largest absolute Gasteiger partial charge is 0.370 e. The van der Waals surface area contributed by atoms with Crippen molar-refractivity contribution in [3.05, 3.63) is 48.4 Å². The van der Waals surface area contributed by atoms with Crippen LogP contribution in [0.5, 0.6) is 0 Å². The molecule has 0 fully saturated rings. The molecule has 4 rings (SSSR count). The third kappa shape index (κ3) is 4.85. The summed E-state index contributed by atoms with van der Waals surface area (Å²) in [5.41, 5.74) is 4.41. The number of nitrogens with one attached hydrogen (secondary N) is 1. The molecule has 0 aliphatic rings. The Morgan fingerprint density at radius 2 is 1.84 bits per heavy atom. The van der Waals surface area contributed by atoms with Crippen LogP contribution in [0.1, 0.15) is 32.9 Å². The van der Waals surface area contributed by atoms with Crippen molar-refractivity contribution in [3.8, 4) is 22.8 Å². The van der Waals surface area contributed by atoms with Crippen LogP contribution < -0.4 is 5.32 Å². The van der Waals surface area contributed by atoms with E-state index < -0.39 is 0 Å². The molecule has 0 saturated heterocycles. The van der Waals surface area contributed by atoms with Crippen LogP contribution in [0.15, 0.2) is 47.9 Å². The zero-order chi connectivity index (χ0) is 22.0. The first-order valence-corrected chi connectivity index (χ1v) is 11.5. The van der Waals surface area contributed by atoms with Gasteiger partial charge in [-0.15, -0.1) is 0 Å². The fourth-order valence-electron chi connectivity index (χ4n) is 3.26. The number of hydrogen-bond acceptors (Lipinski definition) is 7. The van der Waals surface area contributed by atoms with Crippen molar-refractivity contribution >= 4 is 23.4 Å². The van der Waals surface area contributed by atoms with Crippen molar-refractivity contribution < 1.29 is 0 Å². The minimum absolute atomic E-state index is 0.267. The summed E-state index contributed by atoms with van der Waals surface area (Å²) in [5.74, 6) is 1.42. The monoisotopic (exact) mass is 433 g/mol. The van der Waals surface area contributed by atoms with E-state index in [9.17, 15) is 0 Å².